The molecule has 0 aromatic rings. The lowest BCUT2D eigenvalue weighted by Gasteiger charge is -2.34. The van der Waals surface area contributed by atoms with Crippen LogP contribution < -0.4 is 0 Å². The average molecular weight is 267 g/mol. The van der Waals surface area contributed by atoms with Gasteiger partial charge in [-0.25, -0.2) is 0 Å². The van der Waals surface area contributed by atoms with Crippen LogP contribution in [0.2, 0.25) is 44.8 Å². The Balaban J connectivity index is 2.83. The largest absolute Gasteiger partial charge is 0.132 e. The van der Waals surface area contributed by atoms with Gasteiger partial charge in [0.2, 0.25) is 0 Å². The topological polar surface area (TPSA) is 0 Å². The fraction of sp³-hybridized carbons (Fsp3) is 0.867. The minimum absolute atomic E-state index is 0.745. The Kier molecular flexibility index (Phi) is 5.10. The molecule has 0 aromatic heterocycles. The quantitative estimate of drug-likeness (QED) is 0.478. The van der Waals surface area contributed by atoms with Crippen molar-refractivity contribution in [3.63, 3.8) is 0 Å². The van der Waals surface area contributed by atoms with Crippen molar-refractivity contribution in [2.75, 3.05) is 0 Å². The molecule has 0 radical (unpaired) electrons. The average Bonchev–Trinajstić information content (AvgIpc) is 2.15. The highest BCUT2D eigenvalue weighted by Gasteiger charge is 2.33. The van der Waals surface area contributed by atoms with E-state index in [9.17, 15) is 0 Å². The summed E-state index contributed by atoms with van der Waals surface area (Å²) in [5.41, 5.74) is 4.39. The molecule has 0 aromatic carbocycles. The molecule has 1 fully saturated rings. The monoisotopic (exact) mass is 266 g/mol. The van der Waals surface area contributed by atoms with Crippen molar-refractivity contribution in [1.82, 2.24) is 0 Å². The Morgan fingerprint density at radius 1 is 0.882 bits per heavy atom. The van der Waals surface area contributed by atoms with Gasteiger partial charge in [-0.2, -0.15) is 0 Å². The Morgan fingerprint density at radius 3 is 1.82 bits per heavy atom. The Bertz CT molecular complexity index is 290. The van der Waals surface area contributed by atoms with Gasteiger partial charge in [0.05, 0.1) is 8.07 Å². The maximum absolute atomic E-state index is 3.74. The van der Waals surface area contributed by atoms with Gasteiger partial charge in [-0.15, -0.1) is 11.5 Å². The molecule has 0 saturated heterocycles. The highest BCUT2D eigenvalue weighted by molar-refractivity contribution is 6.84. The Hall–Kier alpha value is -0.00623. The third-order valence-corrected chi connectivity index (χ3v) is 7.03. The van der Waals surface area contributed by atoms with Gasteiger partial charge in [-0.1, -0.05) is 58.5 Å². The first-order chi connectivity index (χ1) is 7.70. The summed E-state index contributed by atoms with van der Waals surface area (Å²) in [7, 11) is -2.33. The third-order valence-electron chi connectivity index (χ3n) is 3.66. The predicted octanol–water partition coefficient (Wildman–Crippen LogP) is 5.16. The molecule has 0 N–H and O–H groups in total. The van der Waals surface area contributed by atoms with E-state index in [2.05, 4.69) is 50.7 Å². The molecule has 1 unspecified atom stereocenters. The van der Waals surface area contributed by atoms with E-state index in [1.807, 2.05) is 0 Å². The summed E-state index contributed by atoms with van der Waals surface area (Å²) < 4.78 is 0. The van der Waals surface area contributed by atoms with Crippen molar-refractivity contribution in [1.29, 1.82) is 0 Å². The molecule has 1 aliphatic rings. The molecule has 1 atom stereocenters. The summed E-state index contributed by atoms with van der Waals surface area (Å²) in [4.78, 5) is 0. The van der Waals surface area contributed by atoms with Crippen molar-refractivity contribution < 1.29 is 0 Å². The second kappa shape index (κ2) is 5.76. The summed E-state index contributed by atoms with van der Waals surface area (Å²) >= 11 is 0. The lowest BCUT2D eigenvalue weighted by Crippen LogP contribution is -2.34. The normalized spacial score (nSPS) is 20.6. The maximum atomic E-state index is 3.74. The molecule has 0 aliphatic heterocycles. The fourth-order valence-corrected chi connectivity index (χ4v) is 5.79. The first-order valence-corrected chi connectivity index (χ1v) is 14.3. The second-order valence-electron chi connectivity index (χ2n) is 7.76. The van der Waals surface area contributed by atoms with Gasteiger partial charge in [0.15, 0.2) is 0 Å². The van der Waals surface area contributed by atoms with Crippen molar-refractivity contribution in [3.8, 4) is 11.5 Å². The first kappa shape index (κ1) is 15.1. The van der Waals surface area contributed by atoms with Gasteiger partial charge in [0, 0.05) is 5.54 Å². The molecule has 1 aliphatic carbocycles. The third kappa shape index (κ3) is 5.44. The van der Waals surface area contributed by atoms with Crippen LogP contribution in [-0.2, 0) is 0 Å². The van der Waals surface area contributed by atoms with E-state index >= 15 is 0 Å². The van der Waals surface area contributed by atoms with Crippen LogP contribution in [-0.4, -0.2) is 16.1 Å². The van der Waals surface area contributed by atoms with E-state index in [4.69, 9.17) is 0 Å². The fourth-order valence-electron chi connectivity index (χ4n) is 2.80. The molecule has 98 valence electrons. The molecular weight excluding hydrogens is 236 g/mol. The van der Waals surface area contributed by atoms with E-state index in [-0.39, 0.29) is 0 Å². The molecule has 0 nitrogen and oxygen atoms in total. The zero-order chi connectivity index (χ0) is 13.1. The summed E-state index contributed by atoms with van der Waals surface area (Å²) in [6, 6.07) is 0. The van der Waals surface area contributed by atoms with Crippen LogP contribution in [0.1, 0.15) is 32.1 Å². The molecule has 2 heteroatoms. The van der Waals surface area contributed by atoms with E-state index < -0.39 is 16.1 Å². The van der Waals surface area contributed by atoms with Crippen molar-refractivity contribution in [3.05, 3.63) is 0 Å². The highest BCUT2D eigenvalue weighted by Crippen LogP contribution is 2.39. The van der Waals surface area contributed by atoms with Crippen LogP contribution in [0, 0.1) is 17.4 Å². The molecule has 0 spiro atoms. The van der Waals surface area contributed by atoms with Crippen molar-refractivity contribution in [2.24, 2.45) is 5.92 Å². The lowest BCUT2D eigenvalue weighted by atomic mass is 9.87. The zero-order valence-corrected chi connectivity index (χ0v) is 14.7. The Labute approximate surface area is 111 Å². The minimum atomic E-state index is -1.20. The van der Waals surface area contributed by atoms with Crippen LogP contribution in [0.5, 0.6) is 0 Å². The maximum Gasteiger partial charge on any atom is 0.129 e. The van der Waals surface area contributed by atoms with Crippen LogP contribution in [0.25, 0.3) is 0 Å². The standard InChI is InChI=1S/C15H30Si2/c1-16(2,3)13-12-15(17(4,5)6)14-10-8-7-9-11-14/h14-15H,7-11H2,1-6H3. The molecule has 0 bridgehead atoms. The summed E-state index contributed by atoms with van der Waals surface area (Å²) in [6.45, 7) is 14.6. The van der Waals surface area contributed by atoms with E-state index in [0.29, 0.717) is 0 Å². The second-order valence-corrected chi connectivity index (χ2v) is 17.9. The lowest BCUT2D eigenvalue weighted by molar-refractivity contribution is 0.360. The summed E-state index contributed by atoms with van der Waals surface area (Å²) in [6.07, 6.45) is 7.22. The first-order valence-electron chi connectivity index (χ1n) is 7.23. The van der Waals surface area contributed by atoms with Gasteiger partial charge in [-0.05, 0) is 18.8 Å². The number of hydrogen-bond acceptors (Lipinski definition) is 0. The Morgan fingerprint density at radius 2 is 1.41 bits per heavy atom. The van der Waals surface area contributed by atoms with Gasteiger partial charge in [0.1, 0.15) is 8.07 Å². The minimum Gasteiger partial charge on any atom is -0.132 e. The van der Waals surface area contributed by atoms with Crippen molar-refractivity contribution in [2.45, 2.75) is 76.9 Å². The van der Waals surface area contributed by atoms with Crippen LogP contribution in [0.4, 0.5) is 0 Å². The van der Waals surface area contributed by atoms with Gasteiger partial charge < -0.3 is 0 Å². The van der Waals surface area contributed by atoms with E-state index in [1.54, 1.807) is 0 Å². The molecule has 1 rings (SSSR count). The van der Waals surface area contributed by atoms with Gasteiger partial charge in [-0.3, -0.25) is 0 Å². The number of rotatable bonds is 2. The summed E-state index contributed by atoms with van der Waals surface area (Å²) in [5, 5.41) is 0. The van der Waals surface area contributed by atoms with Crippen LogP contribution in [0.3, 0.4) is 0 Å². The van der Waals surface area contributed by atoms with E-state index in [0.717, 1.165) is 11.5 Å². The molecule has 17 heavy (non-hydrogen) atoms. The van der Waals surface area contributed by atoms with E-state index in [1.165, 1.54) is 32.1 Å². The molecule has 1 saturated carbocycles. The predicted molar refractivity (Wildman–Crippen MR) is 84.8 cm³/mol. The van der Waals surface area contributed by atoms with Crippen molar-refractivity contribution >= 4 is 16.1 Å². The van der Waals surface area contributed by atoms with Crippen LogP contribution >= 0.6 is 0 Å². The molecular formula is C15H30Si2. The van der Waals surface area contributed by atoms with Crippen LogP contribution in [0.15, 0.2) is 0 Å². The zero-order valence-electron chi connectivity index (χ0n) is 12.7. The van der Waals surface area contributed by atoms with Gasteiger partial charge in [0.25, 0.3) is 0 Å². The highest BCUT2D eigenvalue weighted by atomic mass is 28.3. The molecule has 0 heterocycles. The molecule has 0 amide bonds. The number of hydrogen-bond donors (Lipinski definition) is 0. The SMILES string of the molecule is C[Si](C)(C)C#CC(C1CCCCC1)[Si](C)(C)C. The summed E-state index contributed by atoms with van der Waals surface area (Å²) in [5.74, 6) is 4.66. The van der Waals surface area contributed by atoms with Gasteiger partial charge >= 0.3 is 0 Å². The smallest absolute Gasteiger partial charge is 0.129 e.